The van der Waals surface area contributed by atoms with Crippen LogP contribution in [0.2, 0.25) is 0 Å². The van der Waals surface area contributed by atoms with Gasteiger partial charge in [-0.3, -0.25) is 0 Å². The van der Waals surface area contributed by atoms with Gasteiger partial charge in [0, 0.05) is 0 Å². The molecular formula is C7H7ClN2O2. The monoisotopic (exact) mass is 186 g/mol. The van der Waals surface area contributed by atoms with Crippen molar-refractivity contribution in [3.63, 3.8) is 0 Å². The van der Waals surface area contributed by atoms with Crippen LogP contribution in [0.1, 0.15) is 16.2 Å². The van der Waals surface area contributed by atoms with Gasteiger partial charge in [-0.25, -0.2) is 4.79 Å². The second kappa shape index (κ2) is 4.01. The molecular weight excluding hydrogens is 180 g/mol. The molecule has 0 spiro atoms. The van der Waals surface area contributed by atoms with Crippen molar-refractivity contribution in [2.45, 2.75) is 5.88 Å². The quantitative estimate of drug-likeness (QED) is 0.511. The van der Waals surface area contributed by atoms with Gasteiger partial charge in [0.25, 0.3) is 0 Å². The van der Waals surface area contributed by atoms with E-state index in [4.69, 9.17) is 11.6 Å². The van der Waals surface area contributed by atoms with Gasteiger partial charge in [0.05, 0.1) is 18.7 Å². The fourth-order valence-corrected chi connectivity index (χ4v) is 0.787. The van der Waals surface area contributed by atoms with Gasteiger partial charge in [-0.15, -0.1) is 16.7 Å². The number of hydrogen-bond acceptors (Lipinski definition) is 4. The molecule has 0 aromatic carbocycles. The Kier molecular flexibility index (Phi) is 2.99. The number of alkyl halides is 1. The Morgan fingerprint density at radius 3 is 2.75 bits per heavy atom. The number of carbonyl (C=O) groups is 1. The van der Waals surface area contributed by atoms with Crippen LogP contribution in [0.3, 0.4) is 0 Å². The second-order valence-electron chi connectivity index (χ2n) is 2.04. The van der Waals surface area contributed by atoms with Crippen LogP contribution in [0.4, 0.5) is 0 Å². The van der Waals surface area contributed by atoms with Crippen LogP contribution in [-0.2, 0) is 10.6 Å². The minimum absolute atomic E-state index is 0.186. The van der Waals surface area contributed by atoms with Gasteiger partial charge in [0.15, 0.2) is 5.69 Å². The van der Waals surface area contributed by atoms with Gasteiger partial charge in [0.1, 0.15) is 0 Å². The maximum atomic E-state index is 10.9. The third-order valence-corrected chi connectivity index (χ3v) is 1.53. The highest BCUT2D eigenvalue weighted by molar-refractivity contribution is 6.16. The maximum absolute atomic E-state index is 10.9. The summed E-state index contributed by atoms with van der Waals surface area (Å²) in [5, 5.41) is 7.29. The molecule has 0 aliphatic heterocycles. The molecule has 0 atom stereocenters. The molecule has 0 unspecified atom stereocenters. The summed E-state index contributed by atoms with van der Waals surface area (Å²) in [6.45, 7) is 0. The fraction of sp³-hybridized carbons (Fsp3) is 0.286. The number of aromatic nitrogens is 2. The summed E-state index contributed by atoms with van der Waals surface area (Å²) < 4.78 is 4.44. The number of rotatable bonds is 2. The highest BCUT2D eigenvalue weighted by Crippen LogP contribution is 2.00. The summed E-state index contributed by atoms with van der Waals surface area (Å²) in [6, 6.07) is 3.16. The summed E-state index contributed by atoms with van der Waals surface area (Å²) in [5.74, 6) is -0.210. The molecule has 1 aromatic rings. The predicted molar refractivity (Wildman–Crippen MR) is 42.9 cm³/mol. The summed E-state index contributed by atoms with van der Waals surface area (Å²) in [7, 11) is 1.29. The van der Waals surface area contributed by atoms with Crippen LogP contribution in [0.25, 0.3) is 0 Å². The molecule has 0 aliphatic carbocycles. The van der Waals surface area contributed by atoms with Crippen LogP contribution < -0.4 is 0 Å². The number of esters is 1. The minimum atomic E-state index is -0.497. The minimum Gasteiger partial charge on any atom is -0.464 e. The highest BCUT2D eigenvalue weighted by Gasteiger charge is 2.06. The molecule has 4 nitrogen and oxygen atoms in total. The zero-order chi connectivity index (χ0) is 8.97. The van der Waals surface area contributed by atoms with E-state index in [-0.39, 0.29) is 11.6 Å². The summed E-state index contributed by atoms with van der Waals surface area (Å²) in [4.78, 5) is 10.9. The lowest BCUT2D eigenvalue weighted by molar-refractivity contribution is 0.0592. The zero-order valence-corrected chi connectivity index (χ0v) is 7.21. The molecule has 0 N–H and O–H groups in total. The van der Waals surface area contributed by atoms with Crippen molar-refractivity contribution < 1.29 is 9.53 Å². The lowest BCUT2D eigenvalue weighted by Crippen LogP contribution is -2.05. The standard InChI is InChI=1S/C7H7ClN2O2/c1-12-7(11)6-3-2-5(4-8)9-10-6/h2-3H,4H2,1H3. The number of nitrogens with zero attached hydrogens (tertiary/aromatic N) is 2. The van der Waals surface area contributed by atoms with Crippen molar-refractivity contribution in [3.05, 3.63) is 23.5 Å². The predicted octanol–water partition coefficient (Wildman–Crippen LogP) is 1.00. The molecule has 64 valence electrons. The Balaban J connectivity index is 2.84. The average molecular weight is 187 g/mol. The first-order valence-electron chi connectivity index (χ1n) is 3.25. The van der Waals surface area contributed by atoms with Crippen molar-refractivity contribution >= 4 is 17.6 Å². The third-order valence-electron chi connectivity index (χ3n) is 1.25. The van der Waals surface area contributed by atoms with Gasteiger partial charge in [-0.1, -0.05) is 0 Å². The first-order chi connectivity index (χ1) is 5.77. The zero-order valence-electron chi connectivity index (χ0n) is 6.45. The van der Waals surface area contributed by atoms with E-state index in [0.717, 1.165) is 0 Å². The van der Waals surface area contributed by atoms with E-state index in [1.165, 1.54) is 13.2 Å². The average Bonchev–Trinajstić information content (AvgIpc) is 2.17. The van der Waals surface area contributed by atoms with Crippen LogP contribution in [-0.4, -0.2) is 23.3 Å². The number of ether oxygens (including phenoxy) is 1. The molecule has 0 radical (unpaired) electrons. The Hall–Kier alpha value is -1.16. The normalized spacial score (nSPS) is 9.50. The molecule has 1 heterocycles. The topological polar surface area (TPSA) is 52.1 Å². The van der Waals surface area contributed by atoms with Crippen LogP contribution in [0.15, 0.2) is 12.1 Å². The lowest BCUT2D eigenvalue weighted by atomic mass is 10.3. The van der Waals surface area contributed by atoms with Crippen molar-refractivity contribution in [2.24, 2.45) is 0 Å². The van der Waals surface area contributed by atoms with E-state index in [2.05, 4.69) is 14.9 Å². The van der Waals surface area contributed by atoms with E-state index in [1.54, 1.807) is 6.07 Å². The molecule has 12 heavy (non-hydrogen) atoms. The van der Waals surface area contributed by atoms with E-state index in [1.807, 2.05) is 0 Å². The van der Waals surface area contributed by atoms with Crippen molar-refractivity contribution in [2.75, 3.05) is 7.11 Å². The summed E-state index contributed by atoms with van der Waals surface area (Å²) in [5.41, 5.74) is 0.815. The number of carbonyl (C=O) groups excluding carboxylic acids is 1. The van der Waals surface area contributed by atoms with E-state index in [0.29, 0.717) is 5.69 Å². The maximum Gasteiger partial charge on any atom is 0.358 e. The molecule has 0 fully saturated rings. The van der Waals surface area contributed by atoms with Gasteiger partial charge < -0.3 is 4.74 Å². The van der Waals surface area contributed by atoms with Gasteiger partial charge >= 0.3 is 5.97 Å². The molecule has 1 rings (SSSR count). The van der Waals surface area contributed by atoms with Crippen molar-refractivity contribution in [3.8, 4) is 0 Å². The van der Waals surface area contributed by atoms with E-state index < -0.39 is 5.97 Å². The van der Waals surface area contributed by atoms with Crippen molar-refractivity contribution in [1.29, 1.82) is 0 Å². The first-order valence-corrected chi connectivity index (χ1v) is 3.78. The summed E-state index contributed by atoms with van der Waals surface area (Å²) >= 11 is 5.47. The van der Waals surface area contributed by atoms with E-state index in [9.17, 15) is 4.79 Å². The third kappa shape index (κ3) is 1.92. The number of hydrogen-bond donors (Lipinski definition) is 0. The molecule has 0 saturated carbocycles. The van der Waals surface area contributed by atoms with E-state index >= 15 is 0 Å². The van der Waals surface area contributed by atoms with Gasteiger partial charge in [-0.05, 0) is 12.1 Å². The molecule has 0 bridgehead atoms. The Bertz CT molecular complexity index is 273. The van der Waals surface area contributed by atoms with Gasteiger partial charge in [0.2, 0.25) is 0 Å². The number of halogens is 1. The Labute approximate surface area is 74.5 Å². The smallest absolute Gasteiger partial charge is 0.358 e. The number of methoxy groups -OCH3 is 1. The highest BCUT2D eigenvalue weighted by atomic mass is 35.5. The SMILES string of the molecule is COC(=O)c1ccc(CCl)nn1. The summed E-state index contributed by atoms with van der Waals surface area (Å²) in [6.07, 6.45) is 0. The first kappa shape index (κ1) is 8.93. The van der Waals surface area contributed by atoms with Gasteiger partial charge in [-0.2, -0.15) is 5.10 Å². The second-order valence-corrected chi connectivity index (χ2v) is 2.30. The Morgan fingerprint density at radius 2 is 2.33 bits per heavy atom. The molecule has 0 saturated heterocycles. The van der Waals surface area contributed by atoms with Crippen LogP contribution in [0, 0.1) is 0 Å². The molecule has 5 heteroatoms. The van der Waals surface area contributed by atoms with Crippen LogP contribution in [0.5, 0.6) is 0 Å². The Morgan fingerprint density at radius 1 is 1.58 bits per heavy atom. The molecule has 0 aliphatic rings. The molecule has 1 aromatic heterocycles. The van der Waals surface area contributed by atoms with Crippen LogP contribution >= 0.6 is 11.6 Å². The largest absolute Gasteiger partial charge is 0.464 e. The van der Waals surface area contributed by atoms with Crippen molar-refractivity contribution in [1.82, 2.24) is 10.2 Å². The molecule has 0 amide bonds. The fourth-order valence-electron chi connectivity index (χ4n) is 0.645. The lowest BCUT2D eigenvalue weighted by Gasteiger charge is -1.96.